The van der Waals surface area contributed by atoms with Gasteiger partial charge in [0.2, 0.25) is 0 Å². The van der Waals surface area contributed by atoms with Gasteiger partial charge in [0.15, 0.2) is 0 Å². The summed E-state index contributed by atoms with van der Waals surface area (Å²) in [7, 11) is 0. The van der Waals surface area contributed by atoms with E-state index in [1.165, 1.54) is 11.1 Å². The Morgan fingerprint density at radius 2 is 1.62 bits per heavy atom. The maximum absolute atomic E-state index is 4.58. The van der Waals surface area contributed by atoms with E-state index in [1.54, 1.807) is 0 Å². The van der Waals surface area contributed by atoms with E-state index in [4.69, 9.17) is 0 Å². The van der Waals surface area contributed by atoms with Gasteiger partial charge in [-0.1, -0.05) is 36.8 Å². The monoisotopic (exact) mass is 284 g/mol. The van der Waals surface area contributed by atoms with Gasteiger partial charge in [-0.15, -0.1) is 0 Å². The fourth-order valence-electron chi connectivity index (χ4n) is 2.09. The molecule has 0 atom stereocenters. The number of hydrogen-bond acceptors (Lipinski definition) is 4. The van der Waals surface area contributed by atoms with Crippen molar-refractivity contribution < 1.29 is 0 Å². The summed E-state index contributed by atoms with van der Waals surface area (Å²) in [5.74, 6) is 2.66. The van der Waals surface area contributed by atoms with E-state index in [0.29, 0.717) is 0 Å². The van der Waals surface area contributed by atoms with Crippen molar-refractivity contribution in [2.45, 2.75) is 40.2 Å². The van der Waals surface area contributed by atoms with Crippen LogP contribution in [0.2, 0.25) is 0 Å². The lowest BCUT2D eigenvalue weighted by Crippen LogP contribution is -2.08. The van der Waals surface area contributed by atoms with Gasteiger partial charge in [-0.05, 0) is 25.8 Å². The van der Waals surface area contributed by atoms with Crippen LogP contribution in [-0.2, 0) is 13.0 Å². The lowest BCUT2D eigenvalue weighted by molar-refractivity contribution is 0.834. The zero-order chi connectivity index (χ0) is 15.1. The summed E-state index contributed by atoms with van der Waals surface area (Å²) in [5.41, 5.74) is 2.53. The Bertz CT molecular complexity index is 539. The Morgan fingerprint density at radius 1 is 0.952 bits per heavy atom. The molecule has 0 aliphatic carbocycles. The highest BCUT2D eigenvalue weighted by atomic mass is 15.1. The number of nitrogens with one attached hydrogen (secondary N) is 2. The van der Waals surface area contributed by atoms with Crippen LogP contribution in [0.4, 0.5) is 11.6 Å². The molecule has 0 spiro atoms. The molecular formula is C17H24N4. The molecule has 2 N–H and O–H groups in total. The molecule has 0 fully saturated rings. The third kappa shape index (κ3) is 4.74. The molecule has 0 unspecified atom stereocenters. The molecule has 0 aliphatic heterocycles. The SMILES string of the molecule is CCCc1nc(NCC)cc(NCc2ccc(C)cc2)n1. The van der Waals surface area contributed by atoms with E-state index < -0.39 is 0 Å². The predicted molar refractivity (Wildman–Crippen MR) is 88.7 cm³/mol. The third-order valence-corrected chi connectivity index (χ3v) is 3.20. The van der Waals surface area contributed by atoms with Gasteiger partial charge >= 0.3 is 0 Å². The molecule has 0 saturated carbocycles. The zero-order valence-electron chi connectivity index (χ0n) is 13.1. The molecule has 112 valence electrons. The van der Waals surface area contributed by atoms with E-state index in [-0.39, 0.29) is 0 Å². The molecule has 0 saturated heterocycles. The minimum atomic E-state index is 0.772. The van der Waals surface area contributed by atoms with Gasteiger partial charge < -0.3 is 10.6 Å². The van der Waals surface area contributed by atoms with Crippen molar-refractivity contribution in [3.63, 3.8) is 0 Å². The van der Waals surface area contributed by atoms with Crippen LogP contribution in [0.3, 0.4) is 0 Å². The van der Waals surface area contributed by atoms with Crippen LogP contribution < -0.4 is 10.6 Å². The van der Waals surface area contributed by atoms with Gasteiger partial charge in [0.1, 0.15) is 17.5 Å². The smallest absolute Gasteiger partial charge is 0.133 e. The van der Waals surface area contributed by atoms with Crippen molar-refractivity contribution in [2.24, 2.45) is 0 Å². The van der Waals surface area contributed by atoms with Gasteiger partial charge in [-0.2, -0.15) is 0 Å². The molecule has 21 heavy (non-hydrogen) atoms. The zero-order valence-corrected chi connectivity index (χ0v) is 13.1. The van der Waals surface area contributed by atoms with E-state index in [2.05, 4.69) is 65.6 Å². The van der Waals surface area contributed by atoms with Crippen LogP contribution in [0.25, 0.3) is 0 Å². The van der Waals surface area contributed by atoms with Gasteiger partial charge in [-0.25, -0.2) is 9.97 Å². The molecule has 1 aromatic heterocycles. The van der Waals surface area contributed by atoms with Gasteiger partial charge in [-0.3, -0.25) is 0 Å². The highest BCUT2D eigenvalue weighted by molar-refractivity contribution is 5.48. The lowest BCUT2D eigenvalue weighted by Gasteiger charge is -2.10. The van der Waals surface area contributed by atoms with Gasteiger partial charge in [0, 0.05) is 25.6 Å². The van der Waals surface area contributed by atoms with Crippen LogP contribution in [0.5, 0.6) is 0 Å². The standard InChI is InChI=1S/C17H24N4/c1-4-6-15-20-16(18-5-2)11-17(21-15)19-12-14-9-7-13(3)8-10-14/h7-11H,4-6,12H2,1-3H3,(H2,18,19,20,21). The normalized spacial score (nSPS) is 10.4. The van der Waals surface area contributed by atoms with E-state index in [9.17, 15) is 0 Å². The Kier molecular flexibility index (Phi) is 5.55. The first kappa shape index (κ1) is 15.3. The van der Waals surface area contributed by atoms with E-state index in [0.717, 1.165) is 43.4 Å². The summed E-state index contributed by atoms with van der Waals surface area (Å²) in [6, 6.07) is 10.5. The average molecular weight is 284 g/mol. The van der Waals surface area contributed by atoms with Crippen LogP contribution >= 0.6 is 0 Å². The number of anilines is 2. The quantitative estimate of drug-likeness (QED) is 0.812. The fraction of sp³-hybridized carbons (Fsp3) is 0.412. The fourth-order valence-corrected chi connectivity index (χ4v) is 2.09. The first-order valence-electron chi connectivity index (χ1n) is 7.62. The first-order valence-corrected chi connectivity index (χ1v) is 7.62. The largest absolute Gasteiger partial charge is 0.370 e. The van der Waals surface area contributed by atoms with Crippen molar-refractivity contribution in [3.8, 4) is 0 Å². The van der Waals surface area contributed by atoms with E-state index in [1.807, 2.05) is 6.07 Å². The van der Waals surface area contributed by atoms with Gasteiger partial charge in [0.05, 0.1) is 0 Å². The first-order chi connectivity index (χ1) is 10.2. The number of aromatic nitrogens is 2. The molecule has 4 heteroatoms. The van der Waals surface area contributed by atoms with Gasteiger partial charge in [0.25, 0.3) is 0 Å². The third-order valence-electron chi connectivity index (χ3n) is 3.20. The van der Waals surface area contributed by atoms with Crippen molar-refractivity contribution in [1.82, 2.24) is 9.97 Å². The second-order valence-corrected chi connectivity index (χ2v) is 5.17. The molecule has 0 amide bonds. The number of nitrogens with zero attached hydrogens (tertiary/aromatic N) is 2. The summed E-state index contributed by atoms with van der Waals surface area (Å²) in [6.45, 7) is 7.94. The Labute approximate surface area is 127 Å². The number of rotatable bonds is 7. The molecule has 2 rings (SSSR count). The molecule has 0 aliphatic rings. The van der Waals surface area contributed by atoms with Crippen LogP contribution in [0.15, 0.2) is 30.3 Å². The predicted octanol–water partition coefficient (Wildman–Crippen LogP) is 3.78. The maximum Gasteiger partial charge on any atom is 0.133 e. The molecule has 1 heterocycles. The second kappa shape index (κ2) is 7.62. The molecule has 0 radical (unpaired) electrons. The van der Waals surface area contributed by atoms with Crippen molar-refractivity contribution >= 4 is 11.6 Å². The highest BCUT2D eigenvalue weighted by Gasteiger charge is 2.04. The molecule has 1 aromatic carbocycles. The summed E-state index contributed by atoms with van der Waals surface area (Å²) >= 11 is 0. The summed E-state index contributed by atoms with van der Waals surface area (Å²) in [6.07, 6.45) is 1.95. The Hall–Kier alpha value is -2.10. The molecule has 2 aromatic rings. The summed E-state index contributed by atoms with van der Waals surface area (Å²) in [4.78, 5) is 9.09. The lowest BCUT2D eigenvalue weighted by atomic mass is 10.1. The minimum absolute atomic E-state index is 0.772. The summed E-state index contributed by atoms with van der Waals surface area (Å²) in [5, 5.41) is 6.65. The van der Waals surface area contributed by atoms with Crippen LogP contribution in [0, 0.1) is 6.92 Å². The number of hydrogen-bond donors (Lipinski definition) is 2. The number of benzene rings is 1. The van der Waals surface area contributed by atoms with Crippen molar-refractivity contribution in [1.29, 1.82) is 0 Å². The average Bonchev–Trinajstić information content (AvgIpc) is 2.47. The maximum atomic E-state index is 4.58. The van der Waals surface area contributed by atoms with Crippen molar-refractivity contribution in [3.05, 3.63) is 47.3 Å². The highest BCUT2D eigenvalue weighted by Crippen LogP contribution is 2.14. The Balaban J connectivity index is 2.08. The minimum Gasteiger partial charge on any atom is -0.370 e. The topological polar surface area (TPSA) is 49.8 Å². The van der Waals surface area contributed by atoms with Crippen molar-refractivity contribution in [2.75, 3.05) is 17.2 Å². The number of aryl methyl sites for hydroxylation is 2. The molecule has 0 bridgehead atoms. The summed E-state index contributed by atoms with van der Waals surface area (Å²) < 4.78 is 0. The Morgan fingerprint density at radius 3 is 2.24 bits per heavy atom. The van der Waals surface area contributed by atoms with Crippen LogP contribution in [-0.4, -0.2) is 16.5 Å². The van der Waals surface area contributed by atoms with E-state index >= 15 is 0 Å². The second-order valence-electron chi connectivity index (χ2n) is 5.17. The molecule has 4 nitrogen and oxygen atoms in total. The van der Waals surface area contributed by atoms with Crippen LogP contribution in [0.1, 0.15) is 37.2 Å². The molecular weight excluding hydrogens is 260 g/mol.